The summed E-state index contributed by atoms with van der Waals surface area (Å²) in [6, 6.07) is 15.5. The molecule has 2 aliphatic rings. The smallest absolute Gasteiger partial charge is 0.209 e. The quantitative estimate of drug-likeness (QED) is 0.566. The molecular weight excluding hydrogens is 380 g/mol. The Hall–Kier alpha value is -2.65. The molecule has 0 spiro atoms. The highest BCUT2D eigenvalue weighted by Gasteiger charge is 2.43. The molecule has 0 atom stereocenters. The van der Waals surface area contributed by atoms with Gasteiger partial charge in [-0.15, -0.1) is 0 Å². The lowest BCUT2D eigenvalue weighted by atomic mass is 9.81. The van der Waals surface area contributed by atoms with Crippen molar-refractivity contribution < 1.29 is 9.31 Å². The average molecular weight is 416 g/mol. The van der Waals surface area contributed by atoms with Crippen LogP contribution in [-0.2, 0) is 15.6 Å². The van der Waals surface area contributed by atoms with E-state index in [2.05, 4.69) is 112 Å². The second kappa shape index (κ2) is 7.80. The largest absolute Gasteiger partial charge is 0.383 e. The van der Waals surface area contributed by atoms with E-state index >= 15 is 0 Å². The van der Waals surface area contributed by atoms with Crippen molar-refractivity contribution in [2.24, 2.45) is 0 Å². The Labute approximate surface area is 187 Å². The molecule has 2 aromatic rings. The molecule has 3 heteroatoms. The van der Waals surface area contributed by atoms with Gasteiger partial charge in [0.2, 0.25) is 5.69 Å². The minimum absolute atomic E-state index is 0.0125. The molecule has 0 bridgehead atoms. The SMILES string of the molecule is COCCN1C(=CC=CC2=[N+](C)c3ccccc3C2(C)C)C(C)(C)c2cc(C)ccc21. The van der Waals surface area contributed by atoms with Crippen LogP contribution in [0.25, 0.3) is 0 Å². The molecule has 4 rings (SSSR count). The lowest BCUT2D eigenvalue weighted by Gasteiger charge is -2.26. The minimum atomic E-state index is -0.0514. The zero-order valence-corrected chi connectivity index (χ0v) is 20.0. The Bertz CT molecular complexity index is 1100. The van der Waals surface area contributed by atoms with Gasteiger partial charge in [-0.2, -0.15) is 4.58 Å². The summed E-state index contributed by atoms with van der Waals surface area (Å²) in [5.41, 5.74) is 9.24. The van der Waals surface area contributed by atoms with E-state index in [0.29, 0.717) is 6.61 Å². The standard InChI is InChI=1S/C28H35N2O/c1-20-15-16-24-22(19-20)28(4,5)26(30(24)17-18-31-7)14-10-13-25-27(2,3)21-11-8-9-12-23(21)29(25)6/h8-16,19H,17-18H2,1-7H3/q+1. The fourth-order valence-electron chi connectivity index (χ4n) is 5.24. The van der Waals surface area contributed by atoms with Crippen LogP contribution in [0.1, 0.15) is 44.4 Å². The molecule has 0 fully saturated rings. The molecule has 31 heavy (non-hydrogen) atoms. The number of para-hydroxylation sites is 1. The third-order valence-electron chi connectivity index (χ3n) is 7.02. The highest BCUT2D eigenvalue weighted by molar-refractivity contribution is 6.03. The number of anilines is 1. The molecule has 0 saturated heterocycles. The normalized spacial score (nSPS) is 20.1. The third-order valence-corrected chi connectivity index (χ3v) is 7.02. The first-order valence-corrected chi connectivity index (χ1v) is 11.2. The summed E-state index contributed by atoms with van der Waals surface area (Å²) in [6.07, 6.45) is 6.81. The van der Waals surface area contributed by atoms with Gasteiger partial charge in [-0.25, -0.2) is 0 Å². The first-order valence-electron chi connectivity index (χ1n) is 11.2. The zero-order valence-electron chi connectivity index (χ0n) is 20.0. The summed E-state index contributed by atoms with van der Waals surface area (Å²) in [7, 11) is 3.94. The van der Waals surface area contributed by atoms with Crippen LogP contribution in [0.5, 0.6) is 0 Å². The number of methoxy groups -OCH3 is 1. The number of fused-ring (bicyclic) bond motifs is 2. The van der Waals surface area contributed by atoms with Gasteiger partial charge in [-0.3, -0.25) is 0 Å². The molecule has 0 amide bonds. The van der Waals surface area contributed by atoms with Crippen molar-refractivity contribution in [2.75, 3.05) is 32.2 Å². The zero-order chi connectivity index (χ0) is 22.4. The first-order chi connectivity index (χ1) is 14.7. The van der Waals surface area contributed by atoms with Crippen LogP contribution >= 0.6 is 0 Å². The number of benzene rings is 2. The number of allylic oxidation sites excluding steroid dienone is 4. The molecule has 2 heterocycles. The lowest BCUT2D eigenvalue weighted by Crippen LogP contribution is -2.29. The predicted octanol–water partition coefficient (Wildman–Crippen LogP) is 5.89. The van der Waals surface area contributed by atoms with E-state index in [-0.39, 0.29) is 10.8 Å². The van der Waals surface area contributed by atoms with Crippen LogP contribution < -0.4 is 4.90 Å². The molecule has 2 aliphatic heterocycles. The number of ether oxygens (including phenoxy) is 1. The highest BCUT2D eigenvalue weighted by atomic mass is 16.5. The summed E-state index contributed by atoms with van der Waals surface area (Å²) < 4.78 is 7.75. The predicted molar refractivity (Wildman–Crippen MR) is 131 cm³/mol. The maximum Gasteiger partial charge on any atom is 0.209 e. The molecule has 0 unspecified atom stereocenters. The Morgan fingerprint density at radius 3 is 2.45 bits per heavy atom. The average Bonchev–Trinajstić information content (AvgIpc) is 3.06. The molecule has 0 aliphatic carbocycles. The monoisotopic (exact) mass is 415 g/mol. The van der Waals surface area contributed by atoms with Gasteiger partial charge in [0, 0.05) is 48.2 Å². The van der Waals surface area contributed by atoms with E-state index in [0.717, 1.165) is 6.54 Å². The van der Waals surface area contributed by atoms with E-state index in [1.807, 2.05) is 0 Å². The summed E-state index contributed by atoms with van der Waals surface area (Å²) in [5, 5.41) is 0. The van der Waals surface area contributed by atoms with Gasteiger partial charge < -0.3 is 9.64 Å². The van der Waals surface area contributed by atoms with Crippen molar-refractivity contribution in [1.29, 1.82) is 0 Å². The van der Waals surface area contributed by atoms with E-state index in [9.17, 15) is 0 Å². The topological polar surface area (TPSA) is 15.5 Å². The lowest BCUT2D eigenvalue weighted by molar-refractivity contribution is -0.401. The van der Waals surface area contributed by atoms with Gasteiger partial charge in [-0.1, -0.05) is 55.8 Å². The van der Waals surface area contributed by atoms with Gasteiger partial charge in [0.25, 0.3) is 0 Å². The second-order valence-corrected chi connectivity index (χ2v) is 9.79. The number of rotatable bonds is 5. The van der Waals surface area contributed by atoms with Gasteiger partial charge >= 0.3 is 0 Å². The first kappa shape index (κ1) is 21.6. The van der Waals surface area contributed by atoms with Crippen LogP contribution in [-0.4, -0.2) is 37.6 Å². The molecule has 0 radical (unpaired) electrons. The van der Waals surface area contributed by atoms with E-state index in [1.165, 1.54) is 39.5 Å². The Morgan fingerprint density at radius 1 is 1.00 bits per heavy atom. The van der Waals surface area contributed by atoms with E-state index in [4.69, 9.17) is 4.74 Å². The van der Waals surface area contributed by atoms with Crippen molar-refractivity contribution in [1.82, 2.24) is 0 Å². The number of aryl methyl sites for hydroxylation is 1. The van der Waals surface area contributed by atoms with Crippen LogP contribution in [0.4, 0.5) is 11.4 Å². The Morgan fingerprint density at radius 2 is 1.74 bits per heavy atom. The van der Waals surface area contributed by atoms with Crippen LogP contribution in [0, 0.1) is 6.92 Å². The van der Waals surface area contributed by atoms with Crippen molar-refractivity contribution in [3.63, 3.8) is 0 Å². The summed E-state index contributed by atoms with van der Waals surface area (Å²) in [5.74, 6) is 0. The minimum Gasteiger partial charge on any atom is -0.383 e. The van der Waals surface area contributed by atoms with Crippen molar-refractivity contribution >= 4 is 17.1 Å². The molecule has 2 aromatic carbocycles. The van der Waals surface area contributed by atoms with Gasteiger partial charge in [-0.05, 0) is 38.5 Å². The van der Waals surface area contributed by atoms with Crippen LogP contribution in [0.2, 0.25) is 0 Å². The van der Waals surface area contributed by atoms with Crippen LogP contribution in [0.15, 0.2) is 66.4 Å². The van der Waals surface area contributed by atoms with Crippen molar-refractivity contribution in [3.8, 4) is 0 Å². The van der Waals surface area contributed by atoms with Crippen molar-refractivity contribution in [3.05, 3.63) is 83.1 Å². The Kier molecular flexibility index (Phi) is 5.43. The fraction of sp³-hybridized carbons (Fsp3) is 0.393. The number of hydrogen-bond donors (Lipinski definition) is 0. The summed E-state index contributed by atoms with van der Waals surface area (Å²) in [4.78, 5) is 2.42. The third kappa shape index (κ3) is 3.45. The van der Waals surface area contributed by atoms with Crippen LogP contribution in [0.3, 0.4) is 0 Å². The van der Waals surface area contributed by atoms with E-state index in [1.54, 1.807) is 7.11 Å². The maximum atomic E-state index is 5.42. The molecule has 0 aromatic heterocycles. The molecule has 3 nitrogen and oxygen atoms in total. The summed E-state index contributed by atoms with van der Waals surface area (Å²) in [6.45, 7) is 13.0. The fourth-order valence-corrected chi connectivity index (χ4v) is 5.24. The van der Waals surface area contributed by atoms with E-state index < -0.39 is 0 Å². The highest BCUT2D eigenvalue weighted by Crippen LogP contribution is 2.48. The maximum absolute atomic E-state index is 5.42. The summed E-state index contributed by atoms with van der Waals surface area (Å²) >= 11 is 0. The van der Waals surface area contributed by atoms with Crippen molar-refractivity contribution in [2.45, 2.75) is 45.4 Å². The molecule has 0 N–H and O–H groups in total. The number of hydrogen-bond acceptors (Lipinski definition) is 2. The van der Waals surface area contributed by atoms with Gasteiger partial charge in [0.05, 0.1) is 12.0 Å². The number of nitrogens with zero attached hydrogens (tertiary/aromatic N) is 2. The molecule has 162 valence electrons. The Balaban J connectivity index is 1.73. The second-order valence-electron chi connectivity index (χ2n) is 9.79. The molecule has 0 saturated carbocycles. The van der Waals surface area contributed by atoms with Gasteiger partial charge in [0.1, 0.15) is 7.05 Å². The molecular formula is C28H35N2O+. The van der Waals surface area contributed by atoms with Gasteiger partial charge in [0.15, 0.2) is 5.71 Å².